The molecule has 1 unspecified atom stereocenters. The Morgan fingerprint density at radius 3 is 2.50 bits per heavy atom. The minimum atomic E-state index is -0.689. The lowest BCUT2D eigenvalue weighted by Gasteiger charge is -2.12. The molecule has 1 aliphatic rings. The molecule has 0 saturated carbocycles. The summed E-state index contributed by atoms with van der Waals surface area (Å²) in [5.41, 5.74) is 6.60. The molecule has 1 atom stereocenters. The van der Waals surface area contributed by atoms with E-state index >= 15 is 0 Å². The van der Waals surface area contributed by atoms with Crippen LogP contribution in [0, 0.1) is 0 Å². The molecule has 7 nitrogen and oxygen atoms in total. The number of hydrogen-bond acceptors (Lipinski definition) is 5. The first-order valence-electron chi connectivity index (χ1n) is 9.60. The van der Waals surface area contributed by atoms with Crippen molar-refractivity contribution in [2.24, 2.45) is 5.73 Å². The molecule has 2 aromatic carbocycles. The van der Waals surface area contributed by atoms with Crippen LogP contribution in [0.5, 0.6) is 11.5 Å². The van der Waals surface area contributed by atoms with Crippen molar-refractivity contribution in [3.8, 4) is 22.8 Å². The van der Waals surface area contributed by atoms with Crippen LogP contribution in [0.25, 0.3) is 11.3 Å². The molecule has 152 valence electrons. The van der Waals surface area contributed by atoms with Gasteiger partial charge in [-0.1, -0.05) is 24.8 Å². The van der Waals surface area contributed by atoms with Gasteiger partial charge in [0.1, 0.15) is 17.2 Å². The summed E-state index contributed by atoms with van der Waals surface area (Å²) in [6.07, 6.45) is 1.98. The number of nitrogens with zero attached hydrogens (tertiary/aromatic N) is 2. The van der Waals surface area contributed by atoms with Gasteiger partial charge in [0.15, 0.2) is 0 Å². The van der Waals surface area contributed by atoms with Crippen molar-refractivity contribution < 1.29 is 18.7 Å². The predicted octanol–water partition coefficient (Wildman–Crippen LogP) is 3.73. The third-order valence-corrected chi connectivity index (χ3v) is 5.00. The zero-order valence-corrected chi connectivity index (χ0v) is 16.3. The van der Waals surface area contributed by atoms with Crippen LogP contribution >= 0.6 is 0 Å². The van der Waals surface area contributed by atoms with Crippen LogP contribution in [-0.4, -0.2) is 34.8 Å². The summed E-state index contributed by atoms with van der Waals surface area (Å²) in [6.45, 7) is 4.57. The quantitative estimate of drug-likeness (QED) is 0.632. The zero-order valence-electron chi connectivity index (χ0n) is 16.3. The van der Waals surface area contributed by atoms with E-state index in [2.05, 4.69) is 11.6 Å². The molecule has 1 fully saturated rings. The molecule has 1 aliphatic heterocycles. The third-order valence-electron chi connectivity index (χ3n) is 5.00. The Bertz CT molecular complexity index is 1070. The zero-order chi connectivity index (χ0) is 21.1. The van der Waals surface area contributed by atoms with E-state index in [-0.39, 0.29) is 17.6 Å². The molecule has 30 heavy (non-hydrogen) atoms. The van der Waals surface area contributed by atoms with E-state index < -0.39 is 5.91 Å². The van der Waals surface area contributed by atoms with Gasteiger partial charge in [-0.3, -0.25) is 9.59 Å². The fraction of sp³-hybridized carbons (Fsp3) is 0.174. The van der Waals surface area contributed by atoms with Gasteiger partial charge in [-0.25, -0.2) is 4.98 Å². The molecule has 2 amide bonds. The highest BCUT2D eigenvalue weighted by Gasteiger charge is 2.31. The second-order valence-corrected chi connectivity index (χ2v) is 7.01. The molecule has 2 N–H and O–H groups in total. The second kappa shape index (κ2) is 8.24. The van der Waals surface area contributed by atoms with Gasteiger partial charge in [0.05, 0.1) is 5.92 Å². The van der Waals surface area contributed by atoms with E-state index in [0.29, 0.717) is 42.4 Å². The van der Waals surface area contributed by atoms with E-state index in [1.54, 1.807) is 29.2 Å². The van der Waals surface area contributed by atoms with Crippen molar-refractivity contribution in [2.45, 2.75) is 12.3 Å². The Kier molecular flexibility index (Phi) is 5.34. The number of carbonyl (C=O) groups is 2. The summed E-state index contributed by atoms with van der Waals surface area (Å²) in [7, 11) is 0. The SMILES string of the molecule is C=CC(=O)N1CCC(c2nc(-c3ccc(Oc4ccccc4)cc3)c(C(N)=O)o2)C1. The molecule has 1 aromatic heterocycles. The molecule has 0 bridgehead atoms. The van der Waals surface area contributed by atoms with Gasteiger partial charge in [-0.05, 0) is 48.9 Å². The Morgan fingerprint density at radius 2 is 1.83 bits per heavy atom. The van der Waals surface area contributed by atoms with Gasteiger partial charge in [0, 0.05) is 18.7 Å². The van der Waals surface area contributed by atoms with Crippen LogP contribution in [0.2, 0.25) is 0 Å². The van der Waals surface area contributed by atoms with Crippen molar-refractivity contribution >= 4 is 11.8 Å². The van der Waals surface area contributed by atoms with Crippen LogP contribution < -0.4 is 10.5 Å². The Labute approximate surface area is 173 Å². The van der Waals surface area contributed by atoms with Crippen molar-refractivity contribution in [1.29, 1.82) is 0 Å². The molecule has 1 saturated heterocycles. The first-order valence-corrected chi connectivity index (χ1v) is 9.60. The minimum absolute atomic E-state index is 0.00947. The molecular formula is C23H21N3O4. The highest BCUT2D eigenvalue weighted by molar-refractivity contribution is 5.96. The first kappa shape index (κ1) is 19.4. The maximum absolute atomic E-state index is 11.9. The topological polar surface area (TPSA) is 98.7 Å². The van der Waals surface area contributed by atoms with Gasteiger partial charge in [0.2, 0.25) is 17.6 Å². The molecular weight excluding hydrogens is 382 g/mol. The fourth-order valence-corrected chi connectivity index (χ4v) is 3.47. The van der Waals surface area contributed by atoms with Crippen molar-refractivity contribution in [1.82, 2.24) is 9.88 Å². The number of ether oxygens (including phenoxy) is 1. The number of hydrogen-bond donors (Lipinski definition) is 1. The molecule has 4 rings (SSSR count). The number of oxazole rings is 1. The van der Waals surface area contributed by atoms with Crippen LogP contribution in [-0.2, 0) is 4.79 Å². The van der Waals surface area contributed by atoms with Gasteiger partial charge in [-0.15, -0.1) is 0 Å². The van der Waals surface area contributed by atoms with Gasteiger partial charge in [-0.2, -0.15) is 0 Å². The van der Waals surface area contributed by atoms with Gasteiger partial charge >= 0.3 is 0 Å². The highest BCUT2D eigenvalue weighted by Crippen LogP contribution is 2.33. The Morgan fingerprint density at radius 1 is 1.13 bits per heavy atom. The van der Waals surface area contributed by atoms with E-state index in [9.17, 15) is 9.59 Å². The molecule has 0 spiro atoms. The summed E-state index contributed by atoms with van der Waals surface area (Å²) < 4.78 is 11.5. The van der Waals surface area contributed by atoms with Gasteiger partial charge < -0.3 is 19.8 Å². The monoisotopic (exact) mass is 403 g/mol. The predicted molar refractivity (Wildman–Crippen MR) is 111 cm³/mol. The second-order valence-electron chi connectivity index (χ2n) is 7.01. The third kappa shape index (κ3) is 3.96. The minimum Gasteiger partial charge on any atom is -0.457 e. The first-order chi connectivity index (χ1) is 14.5. The van der Waals surface area contributed by atoms with Crippen molar-refractivity contribution in [3.63, 3.8) is 0 Å². The molecule has 3 aromatic rings. The van der Waals surface area contributed by atoms with E-state index in [1.807, 2.05) is 30.3 Å². The smallest absolute Gasteiger partial charge is 0.286 e. The van der Waals surface area contributed by atoms with Crippen LogP contribution in [0.1, 0.15) is 28.8 Å². The average Bonchev–Trinajstić information content (AvgIpc) is 3.42. The molecule has 0 radical (unpaired) electrons. The number of para-hydroxylation sites is 1. The van der Waals surface area contributed by atoms with E-state index in [0.717, 1.165) is 5.75 Å². The number of rotatable bonds is 6. The average molecular weight is 403 g/mol. The van der Waals surface area contributed by atoms with E-state index in [4.69, 9.17) is 14.9 Å². The van der Waals surface area contributed by atoms with E-state index in [1.165, 1.54) is 6.08 Å². The van der Waals surface area contributed by atoms with Crippen LogP contribution in [0.3, 0.4) is 0 Å². The maximum Gasteiger partial charge on any atom is 0.286 e. The Balaban J connectivity index is 1.57. The maximum atomic E-state index is 11.9. The molecule has 2 heterocycles. The number of carbonyl (C=O) groups excluding carboxylic acids is 2. The number of benzene rings is 2. The normalized spacial score (nSPS) is 15.7. The summed E-state index contributed by atoms with van der Waals surface area (Å²) in [6, 6.07) is 16.6. The van der Waals surface area contributed by atoms with Gasteiger partial charge in [0.25, 0.3) is 5.91 Å². The lowest BCUT2D eigenvalue weighted by Crippen LogP contribution is -2.26. The number of amides is 2. The molecule has 0 aliphatic carbocycles. The number of nitrogens with two attached hydrogens (primary N) is 1. The number of aromatic nitrogens is 1. The standard InChI is InChI=1S/C23H21N3O4/c1-2-19(27)26-13-12-16(14-26)23-25-20(21(30-23)22(24)28)15-8-10-18(11-9-15)29-17-6-4-3-5-7-17/h2-11,16H,1,12-14H2,(H2,24,28). The summed E-state index contributed by atoms with van der Waals surface area (Å²) >= 11 is 0. The molecule has 7 heteroatoms. The summed E-state index contributed by atoms with van der Waals surface area (Å²) in [4.78, 5) is 30.0. The fourth-order valence-electron chi connectivity index (χ4n) is 3.47. The highest BCUT2D eigenvalue weighted by atomic mass is 16.5. The lowest BCUT2D eigenvalue weighted by molar-refractivity contribution is -0.125. The number of likely N-dealkylation sites (tertiary alicyclic amines) is 1. The van der Waals surface area contributed by atoms with Crippen LogP contribution in [0.15, 0.2) is 71.7 Å². The van der Waals surface area contributed by atoms with Crippen molar-refractivity contribution in [2.75, 3.05) is 13.1 Å². The summed E-state index contributed by atoms with van der Waals surface area (Å²) in [5.74, 6) is 0.883. The summed E-state index contributed by atoms with van der Waals surface area (Å²) in [5, 5.41) is 0. The largest absolute Gasteiger partial charge is 0.457 e. The lowest BCUT2D eigenvalue weighted by atomic mass is 10.1. The number of primary amides is 1. The van der Waals surface area contributed by atoms with Crippen LogP contribution in [0.4, 0.5) is 0 Å². The van der Waals surface area contributed by atoms with Crippen molar-refractivity contribution in [3.05, 3.63) is 78.9 Å². The Hall–Kier alpha value is -3.87.